The van der Waals surface area contributed by atoms with E-state index in [0.717, 1.165) is 46.9 Å². The molecule has 0 radical (unpaired) electrons. The number of carbonyl (C=O) groups is 2. The van der Waals surface area contributed by atoms with Crippen LogP contribution in [0.4, 0.5) is 0 Å². The summed E-state index contributed by atoms with van der Waals surface area (Å²) in [7, 11) is 0. The molecular weight excluding hydrogens is 358 g/mol. The second kappa shape index (κ2) is 8.01. The molecule has 0 atom stereocenters. The summed E-state index contributed by atoms with van der Waals surface area (Å²) in [5.74, 6) is 0.783. The molecule has 1 saturated heterocycles. The molecule has 2 aromatic carbocycles. The van der Waals surface area contributed by atoms with Crippen LogP contribution in [0, 0.1) is 0 Å². The topological polar surface area (TPSA) is 46.6 Å². The molecular formula is C22H21NO3S. The SMILES string of the molecule is O=C1/C(=C\c2ccc(OCC(=O)N3CCCCC3)cc2)Sc2ccccc21. The highest BCUT2D eigenvalue weighted by Gasteiger charge is 2.25. The Hall–Kier alpha value is -2.53. The van der Waals surface area contributed by atoms with Crippen LogP contribution < -0.4 is 4.74 Å². The summed E-state index contributed by atoms with van der Waals surface area (Å²) in [5, 5.41) is 0. The van der Waals surface area contributed by atoms with E-state index < -0.39 is 0 Å². The number of hydrogen-bond donors (Lipinski definition) is 0. The third kappa shape index (κ3) is 4.08. The molecule has 0 saturated carbocycles. The van der Waals surface area contributed by atoms with Crippen molar-refractivity contribution in [2.45, 2.75) is 24.2 Å². The fraction of sp³-hybridized carbons (Fsp3) is 0.273. The van der Waals surface area contributed by atoms with E-state index in [2.05, 4.69) is 0 Å². The highest BCUT2D eigenvalue weighted by molar-refractivity contribution is 8.04. The van der Waals surface area contributed by atoms with Crippen LogP contribution >= 0.6 is 11.8 Å². The third-order valence-electron chi connectivity index (χ3n) is 4.82. The number of fused-ring (bicyclic) bond motifs is 1. The number of benzene rings is 2. The van der Waals surface area contributed by atoms with Crippen LogP contribution in [0.2, 0.25) is 0 Å². The standard InChI is InChI=1S/C22H21NO3S/c24-21(23-12-4-1-5-13-23)15-26-17-10-8-16(9-11-17)14-20-22(25)18-6-2-3-7-19(18)27-20/h2-3,6-11,14H,1,4-5,12-13,15H2/b20-14+. The maximum absolute atomic E-state index is 12.4. The maximum atomic E-state index is 12.4. The van der Waals surface area contributed by atoms with Crippen molar-refractivity contribution in [2.24, 2.45) is 0 Å². The molecule has 2 aliphatic rings. The Bertz CT molecular complexity index is 883. The summed E-state index contributed by atoms with van der Waals surface area (Å²) in [6, 6.07) is 15.2. The number of carbonyl (C=O) groups excluding carboxylic acids is 2. The van der Waals surface area contributed by atoms with Crippen molar-refractivity contribution in [3.05, 3.63) is 64.6 Å². The second-order valence-electron chi connectivity index (χ2n) is 6.74. The highest BCUT2D eigenvalue weighted by Crippen LogP contribution is 2.40. The largest absolute Gasteiger partial charge is 0.484 e. The van der Waals surface area contributed by atoms with E-state index in [1.54, 1.807) is 0 Å². The van der Waals surface area contributed by atoms with Crippen molar-refractivity contribution >= 4 is 29.5 Å². The Morgan fingerprint density at radius 1 is 1.04 bits per heavy atom. The summed E-state index contributed by atoms with van der Waals surface area (Å²) in [5.41, 5.74) is 1.71. The van der Waals surface area contributed by atoms with Gasteiger partial charge in [0, 0.05) is 23.5 Å². The van der Waals surface area contributed by atoms with E-state index in [-0.39, 0.29) is 18.3 Å². The molecule has 4 nitrogen and oxygen atoms in total. The van der Waals surface area contributed by atoms with E-state index in [1.165, 1.54) is 18.2 Å². The molecule has 4 rings (SSSR count). The molecule has 1 fully saturated rings. The second-order valence-corrected chi connectivity index (χ2v) is 7.82. The first-order valence-corrected chi connectivity index (χ1v) is 10.1. The van der Waals surface area contributed by atoms with Gasteiger partial charge in [0.1, 0.15) is 5.75 Å². The molecule has 0 aliphatic carbocycles. The number of ketones is 1. The van der Waals surface area contributed by atoms with Gasteiger partial charge in [-0.1, -0.05) is 36.0 Å². The summed E-state index contributed by atoms with van der Waals surface area (Å²) >= 11 is 1.50. The summed E-state index contributed by atoms with van der Waals surface area (Å²) < 4.78 is 5.63. The normalized spacial score (nSPS) is 17.9. The van der Waals surface area contributed by atoms with E-state index in [4.69, 9.17) is 4.74 Å². The molecule has 0 bridgehead atoms. The lowest BCUT2D eigenvalue weighted by Gasteiger charge is -2.26. The predicted molar refractivity (Wildman–Crippen MR) is 107 cm³/mol. The molecule has 0 N–H and O–H groups in total. The first-order chi connectivity index (χ1) is 13.2. The third-order valence-corrected chi connectivity index (χ3v) is 5.92. The van der Waals surface area contributed by atoms with Crippen LogP contribution in [0.3, 0.4) is 0 Å². The summed E-state index contributed by atoms with van der Waals surface area (Å²) in [6.07, 6.45) is 5.26. The zero-order chi connectivity index (χ0) is 18.6. The fourth-order valence-electron chi connectivity index (χ4n) is 3.33. The number of ether oxygens (including phenoxy) is 1. The molecule has 0 aromatic heterocycles. The monoisotopic (exact) mass is 379 g/mol. The van der Waals surface area contributed by atoms with Gasteiger partial charge in [-0.15, -0.1) is 0 Å². The molecule has 0 spiro atoms. The van der Waals surface area contributed by atoms with Crippen molar-refractivity contribution in [3.63, 3.8) is 0 Å². The Morgan fingerprint density at radius 3 is 2.52 bits per heavy atom. The number of nitrogens with zero attached hydrogens (tertiary/aromatic N) is 1. The molecule has 138 valence electrons. The van der Waals surface area contributed by atoms with Gasteiger partial charge in [-0.3, -0.25) is 9.59 Å². The van der Waals surface area contributed by atoms with Crippen molar-refractivity contribution < 1.29 is 14.3 Å². The first-order valence-electron chi connectivity index (χ1n) is 9.24. The minimum Gasteiger partial charge on any atom is -0.484 e. The smallest absolute Gasteiger partial charge is 0.260 e. The van der Waals surface area contributed by atoms with Gasteiger partial charge in [-0.05, 0) is 55.2 Å². The number of likely N-dealkylation sites (tertiary alicyclic amines) is 1. The predicted octanol–water partition coefficient (Wildman–Crippen LogP) is 4.41. The van der Waals surface area contributed by atoms with Gasteiger partial charge in [-0.2, -0.15) is 0 Å². The van der Waals surface area contributed by atoms with Crippen molar-refractivity contribution in [2.75, 3.05) is 19.7 Å². The van der Waals surface area contributed by atoms with Crippen molar-refractivity contribution in [1.29, 1.82) is 0 Å². The van der Waals surface area contributed by atoms with Crippen LogP contribution in [0.15, 0.2) is 58.3 Å². The Kier molecular flexibility index (Phi) is 5.30. The van der Waals surface area contributed by atoms with Crippen LogP contribution in [-0.2, 0) is 4.79 Å². The molecule has 2 heterocycles. The van der Waals surface area contributed by atoms with E-state index >= 15 is 0 Å². The lowest BCUT2D eigenvalue weighted by molar-refractivity contribution is -0.134. The molecule has 0 unspecified atom stereocenters. The maximum Gasteiger partial charge on any atom is 0.260 e. The summed E-state index contributed by atoms with van der Waals surface area (Å²) in [4.78, 5) is 28.2. The van der Waals surface area contributed by atoms with Gasteiger partial charge in [0.15, 0.2) is 6.61 Å². The number of hydrogen-bond acceptors (Lipinski definition) is 4. The molecule has 27 heavy (non-hydrogen) atoms. The Morgan fingerprint density at radius 2 is 1.78 bits per heavy atom. The lowest BCUT2D eigenvalue weighted by atomic mass is 10.1. The van der Waals surface area contributed by atoms with Crippen LogP contribution in [-0.4, -0.2) is 36.3 Å². The zero-order valence-corrected chi connectivity index (χ0v) is 15.8. The molecule has 5 heteroatoms. The fourth-order valence-corrected chi connectivity index (χ4v) is 4.38. The molecule has 1 amide bonds. The van der Waals surface area contributed by atoms with Crippen LogP contribution in [0.25, 0.3) is 6.08 Å². The van der Waals surface area contributed by atoms with Gasteiger partial charge >= 0.3 is 0 Å². The van der Waals surface area contributed by atoms with Gasteiger partial charge in [0.05, 0.1) is 4.91 Å². The number of allylic oxidation sites excluding steroid dienone is 1. The number of rotatable bonds is 4. The Labute approximate surface area is 163 Å². The number of piperidine rings is 1. The molecule has 2 aromatic rings. The van der Waals surface area contributed by atoms with Gasteiger partial charge in [-0.25, -0.2) is 0 Å². The number of amides is 1. The van der Waals surface area contributed by atoms with Gasteiger partial charge < -0.3 is 9.64 Å². The average Bonchev–Trinajstić information content (AvgIpc) is 3.03. The highest BCUT2D eigenvalue weighted by atomic mass is 32.2. The minimum atomic E-state index is 0.0478. The van der Waals surface area contributed by atoms with Gasteiger partial charge in [0.2, 0.25) is 5.78 Å². The van der Waals surface area contributed by atoms with E-state index in [0.29, 0.717) is 5.75 Å². The number of Topliss-reactive ketones (excluding diaryl/α,β-unsaturated/α-hetero) is 1. The lowest BCUT2D eigenvalue weighted by Crippen LogP contribution is -2.38. The Balaban J connectivity index is 1.37. The van der Waals surface area contributed by atoms with E-state index in [9.17, 15) is 9.59 Å². The zero-order valence-electron chi connectivity index (χ0n) is 15.0. The van der Waals surface area contributed by atoms with Crippen molar-refractivity contribution in [1.82, 2.24) is 4.90 Å². The first kappa shape index (κ1) is 17.9. The quantitative estimate of drug-likeness (QED) is 0.739. The van der Waals surface area contributed by atoms with Gasteiger partial charge in [0.25, 0.3) is 5.91 Å². The minimum absolute atomic E-state index is 0.0478. The van der Waals surface area contributed by atoms with Crippen LogP contribution in [0.5, 0.6) is 5.75 Å². The summed E-state index contributed by atoms with van der Waals surface area (Å²) in [6.45, 7) is 1.75. The van der Waals surface area contributed by atoms with Crippen molar-refractivity contribution in [3.8, 4) is 5.75 Å². The average molecular weight is 379 g/mol. The molecule has 2 aliphatic heterocycles. The number of thioether (sulfide) groups is 1. The van der Waals surface area contributed by atoms with E-state index in [1.807, 2.05) is 59.5 Å². The van der Waals surface area contributed by atoms with Crippen LogP contribution in [0.1, 0.15) is 35.2 Å².